The minimum atomic E-state index is -4.00. The molecular weight excluding hydrogens is 340 g/mol. The molecule has 19 heavy (non-hydrogen) atoms. The van der Waals surface area contributed by atoms with Crippen LogP contribution < -0.4 is 0 Å². The molecule has 1 aliphatic rings. The van der Waals surface area contributed by atoms with E-state index in [1.807, 2.05) is 0 Å². The Bertz CT molecular complexity index is 645. The average Bonchev–Trinajstić information content (AvgIpc) is 2.59. The van der Waals surface area contributed by atoms with E-state index >= 15 is 0 Å². The molecule has 2 heterocycles. The van der Waals surface area contributed by atoms with Crippen molar-refractivity contribution in [3.63, 3.8) is 0 Å². The molecule has 0 saturated carbocycles. The number of carbonyl (C=O) groups is 2. The van der Waals surface area contributed by atoms with Gasteiger partial charge in [0, 0.05) is 6.20 Å². The fourth-order valence-electron chi connectivity index (χ4n) is 1.64. The molecule has 7 nitrogen and oxygen atoms in total. The van der Waals surface area contributed by atoms with Crippen LogP contribution in [-0.2, 0) is 19.6 Å². The number of carbonyl (C=O) groups excluding carboxylic acids is 2. The highest BCUT2D eigenvalue weighted by atomic mass is 79.9. The van der Waals surface area contributed by atoms with Gasteiger partial charge in [-0.05, 0) is 12.1 Å². The second-order valence-corrected chi connectivity index (χ2v) is 6.57. The fraction of sp³-hybridized carbons (Fsp3) is 0.300. The van der Waals surface area contributed by atoms with Crippen molar-refractivity contribution in [3.8, 4) is 0 Å². The third-order valence-corrected chi connectivity index (χ3v) is 4.92. The van der Waals surface area contributed by atoms with Gasteiger partial charge in [-0.25, -0.2) is 9.29 Å². The number of ether oxygens (including phenoxy) is 1. The summed E-state index contributed by atoms with van der Waals surface area (Å²) in [7, 11) is -2.82. The van der Waals surface area contributed by atoms with Gasteiger partial charge < -0.3 is 4.74 Å². The van der Waals surface area contributed by atoms with Crippen LogP contribution in [0.3, 0.4) is 0 Å². The fourth-order valence-corrected chi connectivity index (χ4v) is 3.80. The molecule has 0 spiro atoms. The van der Waals surface area contributed by atoms with Gasteiger partial charge in [-0.1, -0.05) is 15.9 Å². The quantitative estimate of drug-likeness (QED) is 0.570. The Labute approximate surface area is 117 Å². The standard InChI is InChI=1S/C10H9BrN2O5S/c1-18-10(15)7(11)5-13-9(14)6-3-2-4-12-8(6)19(13,16)17/h2-4,7H,5H2,1H3. The van der Waals surface area contributed by atoms with Crippen molar-refractivity contribution in [3.05, 3.63) is 23.9 Å². The van der Waals surface area contributed by atoms with Gasteiger partial charge in [0.2, 0.25) is 0 Å². The van der Waals surface area contributed by atoms with Crippen LogP contribution in [0.15, 0.2) is 23.4 Å². The zero-order valence-electron chi connectivity index (χ0n) is 9.74. The van der Waals surface area contributed by atoms with Crippen LogP contribution in [0.4, 0.5) is 0 Å². The lowest BCUT2D eigenvalue weighted by atomic mass is 10.2. The van der Waals surface area contributed by atoms with Crippen molar-refractivity contribution in [1.29, 1.82) is 0 Å². The van der Waals surface area contributed by atoms with E-state index in [0.29, 0.717) is 4.31 Å². The molecule has 102 valence electrons. The molecule has 0 bridgehead atoms. The molecule has 0 saturated heterocycles. The first-order chi connectivity index (χ1) is 8.89. The van der Waals surface area contributed by atoms with Crippen molar-refractivity contribution in [1.82, 2.24) is 9.29 Å². The first kappa shape index (κ1) is 13.9. The molecule has 1 atom stereocenters. The number of esters is 1. The summed E-state index contributed by atoms with van der Waals surface area (Å²) in [4.78, 5) is 26.0. The van der Waals surface area contributed by atoms with Gasteiger partial charge in [0.1, 0.15) is 4.83 Å². The Balaban J connectivity index is 2.36. The van der Waals surface area contributed by atoms with Gasteiger partial charge in [-0.15, -0.1) is 0 Å². The number of rotatable bonds is 3. The number of nitrogens with zero attached hydrogens (tertiary/aromatic N) is 2. The summed E-state index contributed by atoms with van der Waals surface area (Å²) < 4.78 is 29.3. The second-order valence-electron chi connectivity index (χ2n) is 3.69. The molecule has 1 aromatic rings. The third-order valence-electron chi connectivity index (χ3n) is 2.55. The average molecular weight is 349 g/mol. The number of hydrogen-bond donors (Lipinski definition) is 0. The molecule has 0 N–H and O–H groups in total. The molecule has 0 aliphatic carbocycles. The van der Waals surface area contributed by atoms with E-state index in [1.54, 1.807) is 0 Å². The maximum atomic E-state index is 12.1. The van der Waals surface area contributed by atoms with Gasteiger partial charge >= 0.3 is 5.97 Å². The third kappa shape index (κ3) is 2.23. The number of sulfonamides is 1. The molecule has 1 aliphatic heterocycles. The van der Waals surface area contributed by atoms with Crippen LogP contribution in [-0.4, -0.2) is 48.1 Å². The van der Waals surface area contributed by atoms with E-state index in [4.69, 9.17) is 0 Å². The molecule has 0 aromatic carbocycles. The summed E-state index contributed by atoms with van der Waals surface area (Å²) in [5.74, 6) is -1.36. The Morgan fingerprint density at radius 2 is 2.26 bits per heavy atom. The number of halogens is 1. The van der Waals surface area contributed by atoms with Crippen molar-refractivity contribution >= 4 is 37.8 Å². The van der Waals surface area contributed by atoms with Crippen LogP contribution in [0.1, 0.15) is 10.4 Å². The van der Waals surface area contributed by atoms with Crippen LogP contribution in [0.5, 0.6) is 0 Å². The number of methoxy groups -OCH3 is 1. The summed E-state index contributed by atoms with van der Waals surface area (Å²) >= 11 is 2.98. The predicted molar refractivity (Wildman–Crippen MR) is 67.2 cm³/mol. The monoisotopic (exact) mass is 348 g/mol. The van der Waals surface area contributed by atoms with Crippen molar-refractivity contribution in [2.24, 2.45) is 0 Å². The summed E-state index contributed by atoms with van der Waals surface area (Å²) in [5, 5.41) is -0.287. The van der Waals surface area contributed by atoms with E-state index in [0.717, 1.165) is 0 Å². The van der Waals surface area contributed by atoms with E-state index in [9.17, 15) is 18.0 Å². The molecule has 1 aromatic heterocycles. The number of hydrogen-bond acceptors (Lipinski definition) is 6. The Hall–Kier alpha value is -1.48. The molecular formula is C10H9BrN2O5S. The SMILES string of the molecule is COC(=O)C(Br)CN1C(=O)c2cccnc2S1(=O)=O. The molecule has 9 heteroatoms. The highest BCUT2D eigenvalue weighted by Gasteiger charge is 2.43. The van der Waals surface area contributed by atoms with E-state index in [1.165, 1.54) is 25.4 Å². The minimum Gasteiger partial charge on any atom is -0.468 e. The zero-order chi connectivity index (χ0) is 14.2. The Morgan fingerprint density at radius 3 is 2.84 bits per heavy atom. The number of aromatic nitrogens is 1. The summed E-state index contributed by atoms with van der Waals surface area (Å²) in [6.07, 6.45) is 1.29. The highest BCUT2D eigenvalue weighted by Crippen LogP contribution is 2.28. The summed E-state index contributed by atoms with van der Waals surface area (Å²) in [6, 6.07) is 2.85. The second kappa shape index (κ2) is 4.89. The molecule has 1 unspecified atom stereocenters. The van der Waals surface area contributed by atoms with Crippen LogP contribution >= 0.6 is 15.9 Å². The predicted octanol–water partition coefficient (Wildman–Crippen LogP) is 0.163. The molecule has 1 amide bonds. The van der Waals surface area contributed by atoms with Crippen molar-refractivity contribution < 1.29 is 22.7 Å². The molecule has 0 fully saturated rings. The first-order valence-corrected chi connectivity index (χ1v) is 7.49. The first-order valence-electron chi connectivity index (χ1n) is 5.13. The van der Waals surface area contributed by atoms with Crippen LogP contribution in [0.2, 0.25) is 0 Å². The van der Waals surface area contributed by atoms with Crippen LogP contribution in [0.25, 0.3) is 0 Å². The van der Waals surface area contributed by atoms with Crippen molar-refractivity contribution in [2.45, 2.75) is 9.85 Å². The number of amides is 1. The van der Waals surface area contributed by atoms with Gasteiger partial charge in [0.25, 0.3) is 15.9 Å². The number of fused-ring (bicyclic) bond motifs is 1. The Morgan fingerprint density at radius 1 is 1.58 bits per heavy atom. The largest absolute Gasteiger partial charge is 0.468 e. The number of pyridine rings is 1. The maximum Gasteiger partial charge on any atom is 0.321 e. The molecule has 0 radical (unpaired) electrons. The topological polar surface area (TPSA) is 93.6 Å². The van der Waals surface area contributed by atoms with Gasteiger partial charge in [0.15, 0.2) is 5.03 Å². The Kier molecular flexibility index (Phi) is 3.59. The lowest BCUT2D eigenvalue weighted by Crippen LogP contribution is -2.38. The highest BCUT2D eigenvalue weighted by molar-refractivity contribution is 9.10. The lowest BCUT2D eigenvalue weighted by molar-refractivity contribution is -0.139. The number of alkyl halides is 1. The normalized spacial score (nSPS) is 18.0. The van der Waals surface area contributed by atoms with Gasteiger partial charge in [-0.2, -0.15) is 8.42 Å². The van der Waals surface area contributed by atoms with E-state index < -0.39 is 26.7 Å². The van der Waals surface area contributed by atoms with E-state index in [2.05, 4.69) is 25.7 Å². The van der Waals surface area contributed by atoms with Crippen molar-refractivity contribution in [2.75, 3.05) is 13.7 Å². The van der Waals surface area contributed by atoms with E-state index in [-0.39, 0.29) is 17.1 Å². The molecule has 2 rings (SSSR count). The summed E-state index contributed by atoms with van der Waals surface area (Å²) in [6.45, 7) is -0.343. The smallest absolute Gasteiger partial charge is 0.321 e. The van der Waals surface area contributed by atoms with Gasteiger partial charge in [0.05, 0.1) is 19.2 Å². The lowest BCUT2D eigenvalue weighted by Gasteiger charge is -2.17. The maximum absolute atomic E-state index is 12.1. The zero-order valence-corrected chi connectivity index (χ0v) is 12.1. The van der Waals surface area contributed by atoms with Gasteiger partial charge in [-0.3, -0.25) is 9.59 Å². The summed E-state index contributed by atoms with van der Waals surface area (Å²) in [5.41, 5.74) is 0.00654. The van der Waals surface area contributed by atoms with Crippen LogP contribution in [0, 0.1) is 0 Å². The minimum absolute atomic E-state index is 0.00654.